The highest BCUT2D eigenvalue weighted by Gasteiger charge is 2.16. The van der Waals surface area contributed by atoms with E-state index in [4.69, 9.17) is 0 Å². The van der Waals surface area contributed by atoms with Crippen LogP contribution >= 0.6 is 31.9 Å². The van der Waals surface area contributed by atoms with E-state index in [1.165, 1.54) is 0 Å². The average Bonchev–Trinajstić information content (AvgIpc) is 3.25. The molecule has 12 heteroatoms. The molecule has 0 aliphatic rings. The Balaban J connectivity index is 1.43. The molecule has 2 amide bonds. The molecule has 0 aliphatic carbocycles. The maximum absolute atomic E-state index is 12.1. The third kappa shape index (κ3) is 4.77. The molecule has 0 saturated carbocycles. The summed E-state index contributed by atoms with van der Waals surface area (Å²) in [5.41, 5.74) is 3.39. The first-order chi connectivity index (χ1) is 16.1. The number of H-pyrrole nitrogens is 2. The van der Waals surface area contributed by atoms with Crippen LogP contribution in [-0.2, 0) is 9.59 Å². The van der Waals surface area contributed by atoms with E-state index in [1.807, 2.05) is 26.0 Å². The van der Waals surface area contributed by atoms with Crippen molar-refractivity contribution in [3.63, 3.8) is 0 Å². The number of aromatic hydroxyl groups is 2. The first kappa shape index (κ1) is 23.8. The summed E-state index contributed by atoms with van der Waals surface area (Å²) in [4.78, 5) is 29.8. The minimum atomic E-state index is -0.654. The summed E-state index contributed by atoms with van der Waals surface area (Å²) in [7, 11) is 0. The van der Waals surface area contributed by atoms with E-state index in [9.17, 15) is 19.8 Å². The maximum Gasteiger partial charge on any atom is 0.265 e. The van der Waals surface area contributed by atoms with Crippen LogP contribution in [-0.4, -0.2) is 32.0 Å². The summed E-state index contributed by atoms with van der Waals surface area (Å²) in [6, 6.07) is 7.36. The first-order valence-corrected chi connectivity index (χ1v) is 11.6. The minimum absolute atomic E-state index is 0.134. The minimum Gasteiger partial charge on any atom is -0.493 e. The normalized spacial score (nSPS) is 12.0. The van der Waals surface area contributed by atoms with Gasteiger partial charge in [0.15, 0.2) is 11.4 Å². The van der Waals surface area contributed by atoms with Crippen LogP contribution in [0.5, 0.6) is 11.8 Å². The van der Waals surface area contributed by atoms with Crippen molar-refractivity contribution in [1.29, 1.82) is 0 Å². The number of hydrogen-bond acceptors (Lipinski definition) is 6. The number of aromatic amines is 2. The van der Waals surface area contributed by atoms with Gasteiger partial charge in [-0.25, -0.2) is 0 Å². The van der Waals surface area contributed by atoms with Crippen molar-refractivity contribution in [1.82, 2.24) is 9.97 Å². The number of halogens is 2. The van der Waals surface area contributed by atoms with Crippen LogP contribution in [0.2, 0.25) is 0 Å². The van der Waals surface area contributed by atoms with Crippen LogP contribution in [0.4, 0.5) is 11.4 Å². The van der Waals surface area contributed by atoms with Gasteiger partial charge in [0.05, 0.1) is 11.0 Å². The van der Waals surface area contributed by atoms with Crippen LogP contribution in [0.25, 0.3) is 21.8 Å². The maximum atomic E-state index is 12.1. The highest BCUT2D eigenvalue weighted by atomic mass is 79.9. The van der Waals surface area contributed by atoms with E-state index in [1.54, 1.807) is 12.1 Å². The number of rotatable bonds is 5. The van der Waals surface area contributed by atoms with Crippen molar-refractivity contribution in [2.45, 2.75) is 26.7 Å². The third-order valence-electron chi connectivity index (χ3n) is 4.99. The lowest BCUT2D eigenvalue weighted by Gasteiger charge is -1.98. The van der Waals surface area contributed by atoms with Crippen molar-refractivity contribution in [3.8, 4) is 11.8 Å². The summed E-state index contributed by atoms with van der Waals surface area (Å²) >= 11 is 6.82. The Kier molecular flexibility index (Phi) is 6.62. The molecule has 174 valence electrons. The quantitative estimate of drug-likeness (QED) is 0.187. The SMILES string of the molecule is Cc1cc(Br)c2[nH]c(O)c(N=NC(=O)CCC(=O)N=Nc3c(O)[nH]c4c(Br)cc(C)cc34)c2c1. The monoisotopic (exact) mass is 588 g/mol. The third-order valence-corrected chi connectivity index (χ3v) is 6.24. The molecule has 0 spiro atoms. The number of benzene rings is 2. The molecule has 2 aromatic heterocycles. The zero-order valence-corrected chi connectivity index (χ0v) is 21.2. The van der Waals surface area contributed by atoms with Crippen LogP contribution in [0.15, 0.2) is 53.7 Å². The molecule has 0 saturated heterocycles. The van der Waals surface area contributed by atoms with Crippen molar-refractivity contribution in [2.75, 3.05) is 0 Å². The lowest BCUT2D eigenvalue weighted by Crippen LogP contribution is -1.98. The van der Waals surface area contributed by atoms with E-state index in [0.717, 1.165) is 20.1 Å². The van der Waals surface area contributed by atoms with Gasteiger partial charge in [-0.2, -0.15) is 0 Å². The smallest absolute Gasteiger partial charge is 0.265 e. The van der Waals surface area contributed by atoms with Gasteiger partial charge in [-0.3, -0.25) is 9.59 Å². The topological polar surface area (TPSA) is 156 Å². The van der Waals surface area contributed by atoms with E-state index in [-0.39, 0.29) is 36.0 Å². The number of carbonyl (C=O) groups excluding carboxylic acids is 2. The number of aromatic nitrogens is 2. The van der Waals surface area contributed by atoms with Crippen LogP contribution in [0, 0.1) is 13.8 Å². The Labute approximate surface area is 209 Å². The molecule has 10 nitrogen and oxygen atoms in total. The lowest BCUT2D eigenvalue weighted by atomic mass is 10.1. The predicted octanol–water partition coefficient (Wildman–Crippen LogP) is 6.90. The van der Waals surface area contributed by atoms with Gasteiger partial charge >= 0.3 is 0 Å². The largest absolute Gasteiger partial charge is 0.493 e. The Hall–Kier alpha value is -3.38. The molecule has 4 N–H and O–H groups in total. The number of aryl methyl sites for hydroxylation is 2. The molecule has 34 heavy (non-hydrogen) atoms. The molecule has 0 unspecified atom stereocenters. The number of azo groups is 2. The standard InChI is InChI=1S/C22H18Br2N6O4/c1-9-5-11-17(13(23)7-9)25-21(33)19(11)29-27-15(31)3-4-16(32)28-30-20-12-6-10(2)8-14(24)18(12)26-22(20)34/h5-8,25-26,33-34H,3-4H2,1-2H3. The zero-order chi connectivity index (χ0) is 24.6. The molecule has 4 rings (SSSR count). The van der Waals surface area contributed by atoms with E-state index in [0.29, 0.717) is 21.8 Å². The van der Waals surface area contributed by atoms with Gasteiger partial charge in [-0.05, 0) is 81.1 Å². The number of hydrogen-bond donors (Lipinski definition) is 4. The molecule has 2 heterocycles. The zero-order valence-electron chi connectivity index (χ0n) is 18.0. The van der Waals surface area contributed by atoms with E-state index >= 15 is 0 Å². The second-order valence-electron chi connectivity index (χ2n) is 7.67. The van der Waals surface area contributed by atoms with Gasteiger partial charge in [-0.1, -0.05) is 0 Å². The second-order valence-corrected chi connectivity index (χ2v) is 9.38. The fourth-order valence-electron chi connectivity index (χ4n) is 3.45. The summed E-state index contributed by atoms with van der Waals surface area (Å²) in [6.07, 6.45) is -0.477. The number of amides is 2. The van der Waals surface area contributed by atoms with Crippen molar-refractivity contribution < 1.29 is 19.8 Å². The molecule has 0 aliphatic heterocycles. The second kappa shape index (κ2) is 9.47. The predicted molar refractivity (Wildman–Crippen MR) is 133 cm³/mol. The van der Waals surface area contributed by atoms with Gasteiger partial charge in [-0.15, -0.1) is 20.5 Å². The number of carbonyl (C=O) groups is 2. The van der Waals surface area contributed by atoms with Crippen LogP contribution in [0.3, 0.4) is 0 Å². The van der Waals surface area contributed by atoms with Crippen molar-refractivity contribution >= 4 is 76.9 Å². The number of nitrogens with one attached hydrogen (secondary N) is 2. The average molecular weight is 590 g/mol. The molecule has 2 aromatic carbocycles. The fraction of sp³-hybridized carbons (Fsp3) is 0.182. The first-order valence-electron chi connectivity index (χ1n) is 10.0. The molecular weight excluding hydrogens is 572 g/mol. The van der Waals surface area contributed by atoms with E-state index < -0.39 is 11.8 Å². The highest BCUT2D eigenvalue weighted by Crippen LogP contribution is 2.40. The van der Waals surface area contributed by atoms with Gasteiger partial charge < -0.3 is 20.2 Å². The lowest BCUT2D eigenvalue weighted by molar-refractivity contribution is -0.123. The highest BCUT2D eigenvalue weighted by molar-refractivity contribution is 9.11. The van der Waals surface area contributed by atoms with E-state index in [2.05, 4.69) is 62.3 Å². The van der Waals surface area contributed by atoms with Crippen molar-refractivity contribution in [2.24, 2.45) is 20.5 Å². The van der Waals surface area contributed by atoms with Gasteiger partial charge in [0.1, 0.15) is 0 Å². The summed E-state index contributed by atoms with van der Waals surface area (Å²) in [5.74, 6) is -1.75. The Morgan fingerprint density at radius 1 is 0.765 bits per heavy atom. The Morgan fingerprint density at radius 2 is 1.15 bits per heavy atom. The number of fused-ring (bicyclic) bond motifs is 2. The van der Waals surface area contributed by atoms with Gasteiger partial charge in [0, 0.05) is 32.6 Å². The van der Waals surface area contributed by atoms with Crippen molar-refractivity contribution in [3.05, 3.63) is 44.3 Å². The van der Waals surface area contributed by atoms with Gasteiger partial charge in [0.2, 0.25) is 11.8 Å². The molecule has 4 aromatic rings. The molecular formula is C22H18Br2N6O4. The Morgan fingerprint density at radius 3 is 1.53 bits per heavy atom. The number of nitrogens with zero attached hydrogens (tertiary/aromatic N) is 4. The molecule has 0 fully saturated rings. The summed E-state index contributed by atoms with van der Waals surface area (Å²) in [6.45, 7) is 3.77. The summed E-state index contributed by atoms with van der Waals surface area (Å²) in [5, 5.41) is 36.4. The van der Waals surface area contributed by atoms with Gasteiger partial charge in [0.25, 0.3) is 11.8 Å². The van der Waals surface area contributed by atoms with Crippen LogP contribution < -0.4 is 0 Å². The fourth-order valence-corrected chi connectivity index (χ4v) is 4.80. The molecule has 0 bridgehead atoms. The summed E-state index contributed by atoms with van der Waals surface area (Å²) < 4.78 is 1.48. The molecule has 0 atom stereocenters. The Bertz CT molecular complexity index is 1410. The van der Waals surface area contributed by atoms with Crippen LogP contribution in [0.1, 0.15) is 24.0 Å². The molecule has 0 radical (unpaired) electrons.